The Bertz CT molecular complexity index is 1700. The number of aliphatic hydroxyl groups is 1. The molecule has 0 aliphatic heterocycles. The number of carbonyl (C=O) groups is 1. The van der Waals surface area contributed by atoms with Crippen LogP contribution >= 0.6 is 7.82 Å². The van der Waals surface area contributed by atoms with E-state index < -0.39 is 20.0 Å². The number of unbranched alkanes of at least 4 members (excludes halogenated alkanes) is 27. The van der Waals surface area contributed by atoms with Crippen LogP contribution in [0.5, 0.6) is 0 Å². The summed E-state index contributed by atoms with van der Waals surface area (Å²) < 4.78 is 23.7. The second-order valence-electron chi connectivity index (χ2n) is 22.7. The highest BCUT2D eigenvalue weighted by molar-refractivity contribution is 7.47. The fraction of sp³-hybridized carbons (Fsp3) is 0.700. The van der Waals surface area contributed by atoms with E-state index >= 15 is 0 Å². The van der Waals surface area contributed by atoms with Gasteiger partial charge in [0, 0.05) is 6.42 Å². The first-order valence-electron chi connectivity index (χ1n) is 32.4. The lowest BCUT2D eigenvalue weighted by Gasteiger charge is -2.25. The van der Waals surface area contributed by atoms with Crippen LogP contribution in [0.4, 0.5) is 0 Å². The molecule has 3 N–H and O–H groups in total. The molecule has 0 saturated carbocycles. The second kappa shape index (κ2) is 59.5. The summed E-state index contributed by atoms with van der Waals surface area (Å²) in [7, 11) is 1.51. The van der Waals surface area contributed by atoms with Gasteiger partial charge >= 0.3 is 7.82 Å². The molecule has 1 amide bonds. The van der Waals surface area contributed by atoms with E-state index in [0.717, 1.165) is 89.9 Å². The Kier molecular flexibility index (Phi) is 57.2. The number of quaternary nitrogens is 1. The molecule has 79 heavy (non-hydrogen) atoms. The van der Waals surface area contributed by atoms with Crippen molar-refractivity contribution in [3.63, 3.8) is 0 Å². The SMILES string of the molecule is CC/C=C\C/C=C\C/C=C\C/C=C\C/C=C\C/C=C\C/C=C\CCCCCC(=O)NC(COP(=O)(O)OCC[N+](C)(C)C)C(O)/C=C/CC/C=C/CC/C=C/CCCCCCCCCCCCCCCCCCCCCCCC. The van der Waals surface area contributed by atoms with E-state index in [-0.39, 0.29) is 19.1 Å². The first kappa shape index (κ1) is 75.9. The molecular formula is C70H124N2O6P+. The van der Waals surface area contributed by atoms with Crippen molar-refractivity contribution in [2.24, 2.45) is 0 Å². The van der Waals surface area contributed by atoms with Crippen molar-refractivity contribution in [3.05, 3.63) is 122 Å². The average molecular weight is 1120 g/mol. The fourth-order valence-electron chi connectivity index (χ4n) is 8.88. The third kappa shape index (κ3) is 62.4. The number of likely N-dealkylation sites (N-methyl/N-ethyl adjacent to an activating group) is 1. The Labute approximate surface area is 488 Å². The Hall–Kier alpha value is -3.10. The number of nitrogens with zero attached hydrogens (tertiary/aromatic N) is 1. The molecule has 0 radical (unpaired) electrons. The minimum absolute atomic E-state index is 0.0396. The average Bonchev–Trinajstić information content (AvgIpc) is 3.42. The Morgan fingerprint density at radius 2 is 0.772 bits per heavy atom. The van der Waals surface area contributed by atoms with Crippen molar-refractivity contribution in [1.29, 1.82) is 0 Å². The maximum Gasteiger partial charge on any atom is 0.472 e. The molecule has 0 fully saturated rings. The molecule has 0 rings (SSSR count). The van der Waals surface area contributed by atoms with Gasteiger partial charge in [-0.05, 0) is 103 Å². The topological polar surface area (TPSA) is 105 Å². The number of nitrogens with one attached hydrogen (secondary N) is 1. The molecular weight excluding hydrogens is 996 g/mol. The molecule has 0 aromatic heterocycles. The van der Waals surface area contributed by atoms with Crippen LogP contribution in [-0.4, -0.2) is 73.4 Å². The molecule has 0 spiro atoms. The molecule has 0 heterocycles. The maximum atomic E-state index is 13.0. The molecule has 0 aliphatic rings. The molecule has 0 aromatic rings. The predicted octanol–water partition coefficient (Wildman–Crippen LogP) is 20.5. The van der Waals surface area contributed by atoms with Crippen molar-refractivity contribution in [2.75, 3.05) is 40.9 Å². The molecule has 3 atom stereocenters. The fourth-order valence-corrected chi connectivity index (χ4v) is 9.61. The zero-order chi connectivity index (χ0) is 57.7. The number of allylic oxidation sites excluding steroid dienone is 19. The maximum absolute atomic E-state index is 13.0. The summed E-state index contributed by atoms with van der Waals surface area (Å²) in [5, 5.41) is 13.9. The molecule has 0 aromatic carbocycles. The van der Waals surface area contributed by atoms with Crippen molar-refractivity contribution < 1.29 is 32.9 Å². The van der Waals surface area contributed by atoms with Gasteiger partial charge in [0.15, 0.2) is 0 Å². The number of aliphatic hydroxyl groups excluding tert-OH is 1. The zero-order valence-electron chi connectivity index (χ0n) is 51.8. The summed E-state index contributed by atoms with van der Waals surface area (Å²) in [5.41, 5.74) is 0. The molecule has 454 valence electrons. The number of phosphoric ester groups is 1. The van der Waals surface area contributed by atoms with Gasteiger partial charge in [-0.1, -0.05) is 277 Å². The second-order valence-corrected chi connectivity index (χ2v) is 24.2. The van der Waals surface area contributed by atoms with Gasteiger partial charge in [0.25, 0.3) is 0 Å². The smallest absolute Gasteiger partial charge is 0.387 e. The van der Waals surface area contributed by atoms with Gasteiger partial charge in [0.05, 0.1) is 39.9 Å². The van der Waals surface area contributed by atoms with E-state index in [9.17, 15) is 19.4 Å². The first-order chi connectivity index (χ1) is 38.5. The van der Waals surface area contributed by atoms with E-state index in [4.69, 9.17) is 9.05 Å². The minimum Gasteiger partial charge on any atom is -0.387 e. The van der Waals surface area contributed by atoms with Crippen LogP contribution in [0.2, 0.25) is 0 Å². The monoisotopic (exact) mass is 1120 g/mol. The van der Waals surface area contributed by atoms with Gasteiger partial charge in [0.1, 0.15) is 13.2 Å². The van der Waals surface area contributed by atoms with E-state index in [1.165, 1.54) is 148 Å². The first-order valence-corrected chi connectivity index (χ1v) is 33.9. The summed E-state index contributed by atoms with van der Waals surface area (Å²) in [6.45, 7) is 4.65. The van der Waals surface area contributed by atoms with E-state index in [1.54, 1.807) is 6.08 Å². The van der Waals surface area contributed by atoms with Gasteiger partial charge in [-0.3, -0.25) is 13.8 Å². The number of amides is 1. The Morgan fingerprint density at radius 1 is 0.443 bits per heavy atom. The summed E-state index contributed by atoms with van der Waals surface area (Å²) in [6.07, 6.45) is 89.1. The Balaban J connectivity index is 4.28. The van der Waals surface area contributed by atoms with Crippen LogP contribution in [0.3, 0.4) is 0 Å². The molecule has 0 aliphatic carbocycles. The highest BCUT2D eigenvalue weighted by Gasteiger charge is 2.27. The van der Waals surface area contributed by atoms with E-state index in [2.05, 4.69) is 129 Å². The highest BCUT2D eigenvalue weighted by atomic mass is 31.2. The molecule has 8 nitrogen and oxygen atoms in total. The van der Waals surface area contributed by atoms with Crippen LogP contribution in [0.1, 0.15) is 264 Å². The number of hydrogen-bond acceptors (Lipinski definition) is 5. The Morgan fingerprint density at radius 3 is 1.16 bits per heavy atom. The lowest BCUT2D eigenvalue weighted by molar-refractivity contribution is -0.870. The number of rotatable bonds is 58. The molecule has 0 saturated heterocycles. The summed E-state index contributed by atoms with van der Waals surface area (Å²) in [6, 6.07) is -0.899. The van der Waals surface area contributed by atoms with Crippen LogP contribution in [0.15, 0.2) is 122 Å². The van der Waals surface area contributed by atoms with Crippen LogP contribution in [0, 0.1) is 0 Å². The molecule has 3 unspecified atom stereocenters. The van der Waals surface area contributed by atoms with Gasteiger partial charge < -0.3 is 19.8 Å². The number of carbonyl (C=O) groups excluding carboxylic acids is 1. The zero-order valence-corrected chi connectivity index (χ0v) is 52.7. The largest absolute Gasteiger partial charge is 0.472 e. The van der Waals surface area contributed by atoms with Gasteiger partial charge in [-0.2, -0.15) is 0 Å². The number of hydrogen-bond donors (Lipinski definition) is 3. The molecule has 9 heteroatoms. The summed E-state index contributed by atoms with van der Waals surface area (Å²) in [4.78, 5) is 23.3. The van der Waals surface area contributed by atoms with E-state index in [1.807, 2.05) is 27.2 Å². The predicted molar refractivity (Wildman–Crippen MR) is 345 cm³/mol. The van der Waals surface area contributed by atoms with Gasteiger partial charge in [-0.25, -0.2) is 4.57 Å². The molecule has 0 bridgehead atoms. The third-order valence-electron chi connectivity index (χ3n) is 13.9. The summed E-state index contributed by atoms with van der Waals surface area (Å²) in [5.74, 6) is -0.226. The van der Waals surface area contributed by atoms with E-state index in [0.29, 0.717) is 23.9 Å². The number of phosphoric acid groups is 1. The van der Waals surface area contributed by atoms with Gasteiger partial charge in [0.2, 0.25) is 5.91 Å². The van der Waals surface area contributed by atoms with Crippen molar-refractivity contribution >= 4 is 13.7 Å². The minimum atomic E-state index is -4.38. The standard InChI is InChI=1S/C70H123N2O6P/c1-6-8-10-12-14-16-18-20-22-24-26-28-30-32-33-34-35-36-37-38-40-41-43-45-47-49-51-53-55-57-59-61-63-69(73)68(67-78-79(75,76)77-66-65-72(3,4)5)71-70(74)64-62-60-58-56-54-52-50-48-46-44-42-39-31-29-27-25-23-21-19-17-15-13-11-9-7-2/h9,11,15,17,21,23,27,29,39,42,45-48,52-55,61,63,68-69,73H,6-8,10,12-14,16,18-20,22,24-26,28,30-38,40-41,43-44,49-51,56-60,62,64-67H2,1-5H3,(H-,71,74,75,76)/p+1/b11-9-,17-15-,23-21-,29-27-,42-39-,47-45+,48-46-,54-52-,55-53+,63-61+. The van der Waals surface area contributed by atoms with Crippen LogP contribution in [-0.2, 0) is 18.4 Å². The third-order valence-corrected chi connectivity index (χ3v) is 14.9. The van der Waals surface area contributed by atoms with Crippen molar-refractivity contribution in [1.82, 2.24) is 5.32 Å². The summed E-state index contributed by atoms with van der Waals surface area (Å²) >= 11 is 0. The van der Waals surface area contributed by atoms with Crippen molar-refractivity contribution in [3.8, 4) is 0 Å². The van der Waals surface area contributed by atoms with Gasteiger partial charge in [-0.15, -0.1) is 0 Å². The lowest BCUT2D eigenvalue weighted by Crippen LogP contribution is -2.45. The van der Waals surface area contributed by atoms with Crippen LogP contribution in [0.25, 0.3) is 0 Å². The van der Waals surface area contributed by atoms with Crippen LogP contribution < -0.4 is 5.32 Å². The normalized spacial score (nSPS) is 14.6. The lowest BCUT2D eigenvalue weighted by atomic mass is 10.0. The highest BCUT2D eigenvalue weighted by Crippen LogP contribution is 2.43. The van der Waals surface area contributed by atoms with Crippen molar-refractivity contribution in [2.45, 2.75) is 276 Å². The quantitative estimate of drug-likeness (QED) is 0.0243.